The molecule has 1 amide bonds. The van der Waals surface area contributed by atoms with Gasteiger partial charge >= 0.3 is 0 Å². The van der Waals surface area contributed by atoms with Crippen LogP contribution in [0.15, 0.2) is 36.4 Å². The van der Waals surface area contributed by atoms with Crippen molar-refractivity contribution in [1.82, 2.24) is 15.5 Å². The number of amides is 1. The number of aryl methyl sites for hydroxylation is 1. The normalized spacial score (nSPS) is 16.1. The summed E-state index contributed by atoms with van der Waals surface area (Å²) in [6, 6.07) is 12.3. The third-order valence-electron chi connectivity index (χ3n) is 4.66. The summed E-state index contributed by atoms with van der Waals surface area (Å²) in [5.41, 5.74) is 2.79. The summed E-state index contributed by atoms with van der Waals surface area (Å²) in [6.07, 6.45) is 2.61. The number of nitrogens with zero attached hydrogens (tertiary/aromatic N) is 2. The number of aromatic nitrogens is 2. The largest absolute Gasteiger partial charge is 0.381 e. The Hall–Kier alpha value is -2.47. The molecule has 0 saturated carbocycles. The second-order valence-electron chi connectivity index (χ2n) is 6.68. The molecule has 1 aromatic carbocycles. The highest BCUT2D eigenvalue weighted by Crippen LogP contribution is 2.21. The Balaban J connectivity index is 1.61. The van der Waals surface area contributed by atoms with E-state index in [2.05, 4.69) is 58.9 Å². The molecular weight excluding hydrogens is 328 g/mol. The van der Waals surface area contributed by atoms with Gasteiger partial charge in [-0.2, -0.15) is 0 Å². The molecule has 6 nitrogen and oxygen atoms in total. The van der Waals surface area contributed by atoms with Crippen LogP contribution in [0.3, 0.4) is 0 Å². The molecule has 26 heavy (non-hydrogen) atoms. The highest BCUT2D eigenvalue weighted by atomic mass is 16.5. The molecule has 6 heteroatoms. The van der Waals surface area contributed by atoms with Crippen LogP contribution >= 0.6 is 0 Å². The van der Waals surface area contributed by atoms with Gasteiger partial charge in [0.25, 0.3) is 5.91 Å². The third-order valence-corrected chi connectivity index (χ3v) is 4.66. The van der Waals surface area contributed by atoms with Gasteiger partial charge in [0.05, 0.1) is 6.04 Å². The van der Waals surface area contributed by atoms with E-state index in [1.807, 2.05) is 6.07 Å². The van der Waals surface area contributed by atoms with Crippen molar-refractivity contribution in [1.29, 1.82) is 0 Å². The standard InChI is InChI=1S/C20H26N4O2/c1-3-17(15-6-4-14(2)5-7-15)22-19-9-8-18(23-24-19)20(25)21-16-10-12-26-13-11-16/h4-9,16-17H,3,10-13H2,1-2H3,(H,21,25)(H,22,24). The van der Waals surface area contributed by atoms with Crippen LogP contribution in [0.1, 0.15) is 53.8 Å². The summed E-state index contributed by atoms with van der Waals surface area (Å²) in [4.78, 5) is 12.3. The smallest absolute Gasteiger partial charge is 0.272 e. The van der Waals surface area contributed by atoms with Crippen LogP contribution in [-0.4, -0.2) is 35.4 Å². The van der Waals surface area contributed by atoms with Crippen molar-refractivity contribution in [2.45, 2.75) is 45.2 Å². The molecule has 1 aliphatic rings. The van der Waals surface area contributed by atoms with Crippen LogP contribution in [0.2, 0.25) is 0 Å². The van der Waals surface area contributed by atoms with Gasteiger partial charge in [-0.3, -0.25) is 4.79 Å². The highest BCUT2D eigenvalue weighted by Gasteiger charge is 2.18. The lowest BCUT2D eigenvalue weighted by Gasteiger charge is -2.22. The molecule has 3 rings (SSSR count). The van der Waals surface area contributed by atoms with Gasteiger partial charge in [0.15, 0.2) is 5.69 Å². The Morgan fingerprint density at radius 3 is 2.50 bits per heavy atom. The van der Waals surface area contributed by atoms with E-state index >= 15 is 0 Å². The van der Waals surface area contributed by atoms with Crippen molar-refractivity contribution in [2.75, 3.05) is 18.5 Å². The fourth-order valence-electron chi connectivity index (χ4n) is 3.03. The summed E-state index contributed by atoms with van der Waals surface area (Å²) in [5, 5.41) is 14.6. The summed E-state index contributed by atoms with van der Waals surface area (Å²) in [5.74, 6) is 0.488. The van der Waals surface area contributed by atoms with E-state index in [1.165, 1.54) is 11.1 Å². The summed E-state index contributed by atoms with van der Waals surface area (Å²) in [7, 11) is 0. The Bertz CT molecular complexity index is 710. The minimum Gasteiger partial charge on any atom is -0.381 e. The molecule has 2 aromatic rings. The molecule has 0 bridgehead atoms. The highest BCUT2D eigenvalue weighted by molar-refractivity contribution is 5.92. The van der Waals surface area contributed by atoms with Crippen molar-refractivity contribution in [2.24, 2.45) is 0 Å². The average Bonchev–Trinajstić information content (AvgIpc) is 2.68. The van der Waals surface area contributed by atoms with Crippen LogP contribution in [0.4, 0.5) is 5.82 Å². The fraction of sp³-hybridized carbons (Fsp3) is 0.450. The van der Waals surface area contributed by atoms with E-state index < -0.39 is 0 Å². The summed E-state index contributed by atoms with van der Waals surface area (Å²) >= 11 is 0. The van der Waals surface area contributed by atoms with Gasteiger partial charge in [0.2, 0.25) is 0 Å². The predicted molar refractivity (Wildman–Crippen MR) is 101 cm³/mol. The zero-order valence-corrected chi connectivity index (χ0v) is 15.4. The number of hydrogen-bond donors (Lipinski definition) is 2. The molecule has 1 aromatic heterocycles. The number of nitrogens with one attached hydrogen (secondary N) is 2. The quantitative estimate of drug-likeness (QED) is 0.833. The topological polar surface area (TPSA) is 76.1 Å². The molecule has 1 unspecified atom stereocenters. The monoisotopic (exact) mass is 354 g/mol. The second-order valence-corrected chi connectivity index (χ2v) is 6.68. The fourth-order valence-corrected chi connectivity index (χ4v) is 3.03. The Kier molecular flexibility index (Phi) is 6.17. The molecule has 2 N–H and O–H groups in total. The van der Waals surface area contributed by atoms with E-state index in [0.29, 0.717) is 24.7 Å². The first-order valence-corrected chi connectivity index (χ1v) is 9.21. The Morgan fingerprint density at radius 2 is 1.88 bits per heavy atom. The number of carbonyl (C=O) groups excluding carboxylic acids is 1. The van der Waals surface area contributed by atoms with Crippen molar-refractivity contribution in [3.05, 3.63) is 53.2 Å². The van der Waals surface area contributed by atoms with Gasteiger partial charge in [0, 0.05) is 19.3 Å². The van der Waals surface area contributed by atoms with Crippen LogP contribution in [-0.2, 0) is 4.74 Å². The van der Waals surface area contributed by atoms with Crippen molar-refractivity contribution < 1.29 is 9.53 Å². The van der Waals surface area contributed by atoms with Gasteiger partial charge in [0.1, 0.15) is 5.82 Å². The van der Waals surface area contributed by atoms with Crippen LogP contribution < -0.4 is 10.6 Å². The minimum absolute atomic E-state index is 0.155. The third kappa shape index (κ3) is 4.79. The summed E-state index contributed by atoms with van der Waals surface area (Å²) < 4.78 is 5.31. The van der Waals surface area contributed by atoms with Crippen molar-refractivity contribution in [3.8, 4) is 0 Å². The molecule has 1 saturated heterocycles. The molecule has 1 fully saturated rings. The number of hydrogen-bond acceptors (Lipinski definition) is 5. The van der Waals surface area contributed by atoms with Crippen molar-refractivity contribution in [3.63, 3.8) is 0 Å². The molecule has 1 aliphatic heterocycles. The Labute approximate surface area is 154 Å². The van der Waals surface area contributed by atoms with E-state index in [0.717, 1.165) is 19.3 Å². The number of carbonyl (C=O) groups is 1. The van der Waals surface area contributed by atoms with E-state index in [-0.39, 0.29) is 18.0 Å². The maximum absolute atomic E-state index is 12.3. The maximum atomic E-state index is 12.3. The van der Waals surface area contributed by atoms with Gasteiger partial charge in [-0.1, -0.05) is 36.8 Å². The lowest BCUT2D eigenvalue weighted by molar-refractivity contribution is 0.0693. The number of ether oxygens (including phenoxy) is 1. The zero-order valence-electron chi connectivity index (χ0n) is 15.4. The zero-order chi connectivity index (χ0) is 18.4. The van der Waals surface area contributed by atoms with E-state index in [1.54, 1.807) is 6.07 Å². The summed E-state index contributed by atoms with van der Waals surface area (Å²) in [6.45, 7) is 5.59. The first kappa shape index (κ1) is 18.3. The molecule has 138 valence electrons. The molecule has 0 radical (unpaired) electrons. The average molecular weight is 354 g/mol. The molecular formula is C20H26N4O2. The second kappa shape index (κ2) is 8.76. The number of benzene rings is 1. The molecule has 1 atom stereocenters. The SMILES string of the molecule is CCC(Nc1ccc(C(=O)NC2CCOCC2)nn1)c1ccc(C)cc1. The van der Waals surface area contributed by atoms with Gasteiger partial charge in [-0.25, -0.2) is 0 Å². The van der Waals surface area contributed by atoms with Gasteiger partial charge < -0.3 is 15.4 Å². The molecule has 0 aliphatic carbocycles. The van der Waals surface area contributed by atoms with E-state index in [4.69, 9.17) is 4.74 Å². The lowest BCUT2D eigenvalue weighted by Crippen LogP contribution is -2.39. The van der Waals surface area contributed by atoms with Gasteiger partial charge in [-0.05, 0) is 43.9 Å². The minimum atomic E-state index is -0.179. The number of anilines is 1. The molecule has 0 spiro atoms. The van der Waals surface area contributed by atoms with E-state index in [9.17, 15) is 4.79 Å². The van der Waals surface area contributed by atoms with Crippen molar-refractivity contribution >= 4 is 11.7 Å². The van der Waals surface area contributed by atoms with Crippen LogP contribution in [0, 0.1) is 6.92 Å². The van der Waals surface area contributed by atoms with Crippen LogP contribution in [0.25, 0.3) is 0 Å². The number of rotatable bonds is 6. The van der Waals surface area contributed by atoms with Crippen LogP contribution in [0.5, 0.6) is 0 Å². The molecule has 2 heterocycles. The van der Waals surface area contributed by atoms with Gasteiger partial charge in [-0.15, -0.1) is 10.2 Å². The lowest BCUT2D eigenvalue weighted by atomic mass is 10.0. The predicted octanol–water partition coefficient (Wildman–Crippen LogP) is 3.26. The first-order chi connectivity index (χ1) is 12.7. The Morgan fingerprint density at radius 1 is 1.15 bits per heavy atom. The first-order valence-electron chi connectivity index (χ1n) is 9.21. The maximum Gasteiger partial charge on any atom is 0.272 e.